The number of pyridine rings is 1. The van der Waals surface area contributed by atoms with Crippen LogP contribution in [0.2, 0.25) is 5.02 Å². The molecule has 0 spiro atoms. The van der Waals surface area contributed by atoms with Gasteiger partial charge in [-0.1, -0.05) is 11.6 Å². The molecule has 4 rings (SSSR count). The number of aromatic nitrogens is 1. The van der Waals surface area contributed by atoms with E-state index in [9.17, 15) is 9.59 Å². The van der Waals surface area contributed by atoms with Gasteiger partial charge in [-0.05, 0) is 54.6 Å². The van der Waals surface area contributed by atoms with Crippen LogP contribution in [-0.4, -0.2) is 62.1 Å². The Bertz CT molecular complexity index is 1160. The summed E-state index contributed by atoms with van der Waals surface area (Å²) in [7, 11) is 3.07. The van der Waals surface area contributed by atoms with Crippen LogP contribution in [0, 0.1) is 0 Å². The monoisotopic (exact) mass is 480 g/mol. The van der Waals surface area contributed by atoms with Crippen molar-refractivity contribution in [3.05, 3.63) is 76.9 Å². The van der Waals surface area contributed by atoms with Crippen molar-refractivity contribution in [3.63, 3.8) is 0 Å². The predicted molar refractivity (Wildman–Crippen MR) is 131 cm³/mol. The zero-order chi connectivity index (χ0) is 24.1. The van der Waals surface area contributed by atoms with Crippen molar-refractivity contribution in [2.45, 2.75) is 0 Å². The number of benzene rings is 2. The third-order valence-corrected chi connectivity index (χ3v) is 5.89. The number of carbonyl (C=O) groups is 2. The summed E-state index contributed by atoms with van der Waals surface area (Å²) in [4.78, 5) is 33.7. The van der Waals surface area contributed by atoms with Crippen molar-refractivity contribution >= 4 is 34.9 Å². The predicted octanol–water partition coefficient (Wildman–Crippen LogP) is 3.97. The van der Waals surface area contributed by atoms with Gasteiger partial charge in [0.05, 0.1) is 26.1 Å². The largest absolute Gasteiger partial charge is 0.493 e. The van der Waals surface area contributed by atoms with Crippen LogP contribution in [0.5, 0.6) is 11.5 Å². The van der Waals surface area contributed by atoms with E-state index in [4.69, 9.17) is 21.1 Å². The Balaban J connectivity index is 1.34. The van der Waals surface area contributed by atoms with Gasteiger partial charge in [0.1, 0.15) is 5.82 Å². The minimum atomic E-state index is -0.273. The number of nitrogens with zero attached hydrogens (tertiary/aromatic N) is 3. The molecule has 2 heterocycles. The second-order valence-corrected chi connectivity index (χ2v) is 8.15. The number of carbonyl (C=O) groups excluding carboxylic acids is 2. The number of anilines is 2. The summed E-state index contributed by atoms with van der Waals surface area (Å²) in [6, 6.07) is 15.6. The molecule has 3 aromatic rings. The molecule has 8 nitrogen and oxygen atoms in total. The molecule has 9 heteroatoms. The molecule has 176 valence electrons. The van der Waals surface area contributed by atoms with E-state index in [2.05, 4.69) is 15.2 Å². The van der Waals surface area contributed by atoms with Gasteiger partial charge < -0.3 is 24.6 Å². The Morgan fingerprint density at radius 3 is 2.18 bits per heavy atom. The maximum Gasteiger partial charge on any atom is 0.255 e. The Labute approximate surface area is 203 Å². The van der Waals surface area contributed by atoms with E-state index in [0.29, 0.717) is 59.5 Å². The fraction of sp³-hybridized carbons (Fsp3) is 0.240. The molecule has 0 bridgehead atoms. The van der Waals surface area contributed by atoms with Crippen LogP contribution in [0.15, 0.2) is 60.8 Å². The highest BCUT2D eigenvalue weighted by molar-refractivity contribution is 6.30. The molecule has 2 aromatic carbocycles. The molecule has 1 N–H and O–H groups in total. The van der Waals surface area contributed by atoms with Gasteiger partial charge in [0.25, 0.3) is 11.8 Å². The zero-order valence-corrected chi connectivity index (χ0v) is 19.7. The minimum Gasteiger partial charge on any atom is -0.493 e. The molecule has 0 radical (unpaired) electrons. The summed E-state index contributed by atoms with van der Waals surface area (Å²) in [5.41, 5.74) is 1.66. The van der Waals surface area contributed by atoms with Gasteiger partial charge in [0.2, 0.25) is 0 Å². The first kappa shape index (κ1) is 23.4. The smallest absolute Gasteiger partial charge is 0.255 e. The van der Waals surface area contributed by atoms with Gasteiger partial charge in [-0.25, -0.2) is 4.98 Å². The quantitative estimate of drug-likeness (QED) is 0.574. The third-order valence-electron chi connectivity index (χ3n) is 5.63. The highest BCUT2D eigenvalue weighted by atomic mass is 35.5. The lowest BCUT2D eigenvalue weighted by Gasteiger charge is -2.35. The molecule has 1 fully saturated rings. The van der Waals surface area contributed by atoms with Gasteiger partial charge in [-0.2, -0.15) is 0 Å². The van der Waals surface area contributed by atoms with E-state index in [1.165, 1.54) is 7.11 Å². The number of amides is 2. The third kappa shape index (κ3) is 5.23. The fourth-order valence-electron chi connectivity index (χ4n) is 3.74. The van der Waals surface area contributed by atoms with Crippen molar-refractivity contribution in [3.8, 4) is 11.5 Å². The summed E-state index contributed by atoms with van der Waals surface area (Å²) in [5.74, 6) is 1.56. The van der Waals surface area contributed by atoms with E-state index in [-0.39, 0.29) is 11.8 Å². The van der Waals surface area contributed by atoms with Crippen LogP contribution >= 0.6 is 11.6 Å². The molecular formula is C25H25ClN4O4. The molecule has 2 amide bonds. The lowest BCUT2D eigenvalue weighted by atomic mass is 10.2. The van der Waals surface area contributed by atoms with Crippen molar-refractivity contribution < 1.29 is 19.1 Å². The number of methoxy groups -OCH3 is 2. The van der Waals surface area contributed by atoms with Gasteiger partial charge in [-0.3, -0.25) is 9.59 Å². The van der Waals surface area contributed by atoms with Crippen molar-refractivity contribution in [1.29, 1.82) is 0 Å². The normalized spacial score (nSPS) is 13.4. The Hall–Kier alpha value is -3.78. The average Bonchev–Trinajstić information content (AvgIpc) is 2.88. The second-order valence-electron chi connectivity index (χ2n) is 7.72. The summed E-state index contributed by atoms with van der Waals surface area (Å²) >= 11 is 5.91. The Kier molecular flexibility index (Phi) is 7.18. The molecule has 0 saturated carbocycles. The first-order chi connectivity index (χ1) is 16.5. The molecule has 0 aliphatic carbocycles. The maximum atomic E-state index is 12.7. The fourth-order valence-corrected chi connectivity index (χ4v) is 3.87. The Morgan fingerprint density at radius 2 is 1.56 bits per heavy atom. The first-order valence-electron chi connectivity index (χ1n) is 10.8. The average molecular weight is 481 g/mol. The summed E-state index contributed by atoms with van der Waals surface area (Å²) in [6.07, 6.45) is 1.62. The number of piperazine rings is 1. The second kappa shape index (κ2) is 10.4. The number of ether oxygens (including phenoxy) is 2. The number of halogens is 1. The van der Waals surface area contributed by atoms with Crippen LogP contribution in [0.1, 0.15) is 20.7 Å². The minimum absolute atomic E-state index is 0.00232. The molecule has 1 aromatic heterocycles. The molecule has 0 unspecified atom stereocenters. The van der Waals surface area contributed by atoms with E-state index >= 15 is 0 Å². The van der Waals surface area contributed by atoms with Crippen LogP contribution in [0.25, 0.3) is 0 Å². The van der Waals surface area contributed by atoms with Crippen molar-refractivity contribution in [2.24, 2.45) is 0 Å². The first-order valence-corrected chi connectivity index (χ1v) is 11.2. The van der Waals surface area contributed by atoms with E-state index in [1.54, 1.807) is 55.8 Å². The number of hydrogen-bond acceptors (Lipinski definition) is 6. The summed E-state index contributed by atoms with van der Waals surface area (Å²) in [5, 5.41) is 3.45. The van der Waals surface area contributed by atoms with E-state index in [1.807, 2.05) is 17.0 Å². The molecule has 0 atom stereocenters. The molecule has 1 saturated heterocycles. The standard InChI is InChI=1S/C25H25ClN4O4/c1-33-21-9-5-18(15-22(21)34-2)24(31)28-20-8-10-23(27-16-20)29-11-13-30(14-12-29)25(32)17-3-6-19(26)7-4-17/h3-10,15-16H,11-14H2,1-2H3,(H,28,31). The van der Waals surface area contributed by atoms with Gasteiger partial charge in [0, 0.05) is 42.3 Å². The molecule has 1 aliphatic heterocycles. The number of rotatable bonds is 6. The lowest BCUT2D eigenvalue weighted by Crippen LogP contribution is -2.49. The lowest BCUT2D eigenvalue weighted by molar-refractivity contribution is 0.0746. The van der Waals surface area contributed by atoms with Crippen LogP contribution in [0.4, 0.5) is 11.5 Å². The topological polar surface area (TPSA) is 84.0 Å². The maximum absolute atomic E-state index is 12.7. The van der Waals surface area contributed by atoms with Gasteiger partial charge >= 0.3 is 0 Å². The van der Waals surface area contributed by atoms with E-state index in [0.717, 1.165) is 5.82 Å². The highest BCUT2D eigenvalue weighted by Gasteiger charge is 2.23. The SMILES string of the molecule is COc1ccc(C(=O)Nc2ccc(N3CCN(C(=O)c4ccc(Cl)cc4)CC3)nc2)cc1OC. The van der Waals surface area contributed by atoms with Crippen LogP contribution < -0.4 is 19.7 Å². The molecule has 34 heavy (non-hydrogen) atoms. The highest BCUT2D eigenvalue weighted by Crippen LogP contribution is 2.28. The van der Waals surface area contributed by atoms with Gasteiger partial charge in [0.15, 0.2) is 11.5 Å². The zero-order valence-electron chi connectivity index (χ0n) is 19.0. The molecular weight excluding hydrogens is 456 g/mol. The molecule has 1 aliphatic rings. The van der Waals surface area contributed by atoms with E-state index < -0.39 is 0 Å². The number of nitrogens with one attached hydrogen (secondary N) is 1. The summed E-state index contributed by atoms with van der Waals surface area (Å²) in [6.45, 7) is 2.54. The van der Waals surface area contributed by atoms with Crippen molar-refractivity contribution in [2.75, 3.05) is 50.6 Å². The van der Waals surface area contributed by atoms with Crippen LogP contribution in [-0.2, 0) is 0 Å². The number of hydrogen-bond donors (Lipinski definition) is 1. The Morgan fingerprint density at radius 1 is 0.882 bits per heavy atom. The van der Waals surface area contributed by atoms with Crippen LogP contribution in [0.3, 0.4) is 0 Å². The van der Waals surface area contributed by atoms with Crippen molar-refractivity contribution in [1.82, 2.24) is 9.88 Å². The summed E-state index contributed by atoms with van der Waals surface area (Å²) < 4.78 is 10.5. The van der Waals surface area contributed by atoms with Gasteiger partial charge in [-0.15, -0.1) is 0 Å².